The third kappa shape index (κ3) is 1.83. The van der Waals surface area contributed by atoms with Gasteiger partial charge in [0.2, 0.25) is 6.79 Å². The largest absolute Gasteiger partial charge is 0.454 e. The molecule has 0 spiro atoms. The van der Waals surface area contributed by atoms with Crippen LogP contribution in [0.1, 0.15) is 22.7 Å². The Labute approximate surface area is 126 Å². The summed E-state index contributed by atoms with van der Waals surface area (Å²) >= 11 is 0. The minimum absolute atomic E-state index is 0.182. The van der Waals surface area contributed by atoms with Crippen LogP contribution in [-0.2, 0) is 0 Å². The zero-order valence-corrected chi connectivity index (χ0v) is 11.6. The Balaban J connectivity index is 1.75. The Kier molecular flexibility index (Phi) is 2.79. The fourth-order valence-corrected chi connectivity index (χ4v) is 2.84. The molecule has 2 aromatic carbocycles. The van der Waals surface area contributed by atoms with Crippen molar-refractivity contribution in [3.05, 3.63) is 69.6 Å². The fourth-order valence-electron chi connectivity index (χ4n) is 2.84. The maximum atomic E-state index is 11.4. The van der Waals surface area contributed by atoms with E-state index in [1.807, 2.05) is 30.3 Å². The Bertz CT molecular complexity index is 826. The van der Waals surface area contributed by atoms with Crippen molar-refractivity contribution in [2.45, 2.75) is 6.04 Å². The Hall–Kier alpha value is -2.95. The molecular formula is C17H12N2O3. The second-order valence-electron chi connectivity index (χ2n) is 5.18. The van der Waals surface area contributed by atoms with Crippen molar-refractivity contribution in [2.24, 2.45) is 5.18 Å². The number of ether oxygens (including phenoxy) is 2. The molecule has 0 aromatic heterocycles. The van der Waals surface area contributed by atoms with E-state index in [1.165, 1.54) is 0 Å². The minimum Gasteiger partial charge on any atom is -0.454 e. The lowest BCUT2D eigenvalue weighted by Gasteiger charge is -2.12. The smallest absolute Gasteiger partial charge is 0.231 e. The summed E-state index contributed by atoms with van der Waals surface area (Å²) in [5.74, 6) is 1.26. The average Bonchev–Trinajstić information content (AvgIpc) is 3.14. The first-order chi connectivity index (χ1) is 10.8. The van der Waals surface area contributed by atoms with Crippen molar-refractivity contribution in [3.63, 3.8) is 0 Å². The highest BCUT2D eigenvalue weighted by atomic mass is 16.7. The van der Waals surface area contributed by atoms with Crippen LogP contribution >= 0.6 is 0 Å². The summed E-state index contributed by atoms with van der Waals surface area (Å²) in [6.45, 7) is 0.182. The zero-order valence-electron chi connectivity index (χ0n) is 11.6. The summed E-state index contributed by atoms with van der Waals surface area (Å²) in [5, 5.41) is 11.5. The number of benzene rings is 2. The van der Waals surface area contributed by atoms with Crippen molar-refractivity contribution in [1.29, 1.82) is 5.41 Å². The van der Waals surface area contributed by atoms with Gasteiger partial charge >= 0.3 is 0 Å². The summed E-state index contributed by atoms with van der Waals surface area (Å²) in [5.41, 5.74) is 3.42. The third-order valence-electron chi connectivity index (χ3n) is 3.94. The van der Waals surface area contributed by atoms with Crippen molar-refractivity contribution in [1.82, 2.24) is 0 Å². The predicted octanol–water partition coefficient (Wildman–Crippen LogP) is 3.69. The molecule has 5 heteroatoms. The van der Waals surface area contributed by atoms with Crippen molar-refractivity contribution in [3.8, 4) is 11.5 Å². The fraction of sp³-hybridized carbons (Fsp3) is 0.118. The van der Waals surface area contributed by atoms with Crippen LogP contribution in [0.2, 0.25) is 0 Å². The van der Waals surface area contributed by atoms with E-state index >= 15 is 0 Å². The number of hydrogen-bond donors (Lipinski definition) is 1. The van der Waals surface area contributed by atoms with E-state index in [-0.39, 0.29) is 6.79 Å². The van der Waals surface area contributed by atoms with E-state index in [0.29, 0.717) is 28.3 Å². The van der Waals surface area contributed by atoms with E-state index in [0.717, 1.165) is 11.1 Å². The Morgan fingerprint density at radius 3 is 2.73 bits per heavy atom. The molecule has 1 aliphatic carbocycles. The summed E-state index contributed by atoms with van der Waals surface area (Å²) in [6, 6.07) is 12.2. The van der Waals surface area contributed by atoms with Crippen LogP contribution in [0.25, 0.3) is 6.08 Å². The lowest BCUT2D eigenvalue weighted by Crippen LogP contribution is -2.07. The van der Waals surface area contributed by atoms with Crippen LogP contribution in [0.3, 0.4) is 0 Å². The van der Waals surface area contributed by atoms with E-state index in [1.54, 1.807) is 18.2 Å². The first-order valence-corrected chi connectivity index (χ1v) is 6.90. The van der Waals surface area contributed by atoms with Crippen LogP contribution in [0.5, 0.6) is 11.5 Å². The molecule has 22 heavy (non-hydrogen) atoms. The molecule has 1 unspecified atom stereocenters. The van der Waals surface area contributed by atoms with Crippen LogP contribution in [-0.4, -0.2) is 12.5 Å². The van der Waals surface area contributed by atoms with Crippen LogP contribution in [0.15, 0.2) is 53.2 Å². The summed E-state index contributed by atoms with van der Waals surface area (Å²) in [7, 11) is 0. The van der Waals surface area contributed by atoms with Gasteiger partial charge in [0.1, 0.15) is 6.04 Å². The molecule has 0 saturated carbocycles. The third-order valence-corrected chi connectivity index (χ3v) is 3.94. The molecule has 0 amide bonds. The topological polar surface area (TPSA) is 71.7 Å². The highest BCUT2D eigenvalue weighted by molar-refractivity contribution is 6.20. The standard InChI is InChI=1S/C17H12N2O3/c18-16-12-4-2-1-3-10(12)7-13(16)17(19-20)11-5-6-14-15(8-11)22-9-21-14/h1-8,17-18H,9H2. The van der Waals surface area contributed by atoms with E-state index < -0.39 is 6.04 Å². The first-order valence-electron chi connectivity index (χ1n) is 6.90. The molecule has 1 atom stereocenters. The molecule has 108 valence electrons. The van der Waals surface area contributed by atoms with Crippen LogP contribution < -0.4 is 9.47 Å². The maximum absolute atomic E-state index is 11.4. The van der Waals surface area contributed by atoms with E-state index in [4.69, 9.17) is 14.9 Å². The van der Waals surface area contributed by atoms with Gasteiger partial charge in [0.05, 0.1) is 5.71 Å². The van der Waals surface area contributed by atoms with Crippen molar-refractivity contribution < 1.29 is 9.47 Å². The van der Waals surface area contributed by atoms with Gasteiger partial charge in [0.25, 0.3) is 0 Å². The van der Waals surface area contributed by atoms with Gasteiger partial charge in [-0.2, -0.15) is 0 Å². The quantitative estimate of drug-likeness (QED) is 0.877. The molecule has 1 N–H and O–H groups in total. The van der Waals surface area contributed by atoms with Gasteiger partial charge in [-0.25, -0.2) is 0 Å². The molecule has 0 saturated heterocycles. The lowest BCUT2D eigenvalue weighted by atomic mass is 9.96. The SMILES string of the molecule is N=C1C(C(N=O)c2ccc3c(c2)OCO3)=Cc2ccccc21. The molecule has 4 rings (SSSR count). The summed E-state index contributed by atoms with van der Waals surface area (Å²) in [4.78, 5) is 11.4. The van der Waals surface area contributed by atoms with Gasteiger partial charge in [0.15, 0.2) is 11.5 Å². The van der Waals surface area contributed by atoms with E-state index in [9.17, 15) is 4.91 Å². The average molecular weight is 292 g/mol. The Morgan fingerprint density at radius 2 is 1.91 bits per heavy atom. The molecule has 2 aliphatic rings. The van der Waals surface area contributed by atoms with Crippen LogP contribution in [0.4, 0.5) is 0 Å². The number of fused-ring (bicyclic) bond motifs is 2. The highest BCUT2D eigenvalue weighted by Gasteiger charge is 2.28. The number of nitrogens with one attached hydrogen (secondary N) is 1. The van der Waals surface area contributed by atoms with Crippen molar-refractivity contribution >= 4 is 11.8 Å². The predicted molar refractivity (Wildman–Crippen MR) is 82.3 cm³/mol. The van der Waals surface area contributed by atoms with Crippen molar-refractivity contribution in [2.75, 3.05) is 6.79 Å². The maximum Gasteiger partial charge on any atom is 0.231 e. The first kappa shape index (κ1) is 12.8. The molecule has 0 radical (unpaired) electrons. The highest BCUT2D eigenvalue weighted by Crippen LogP contribution is 2.40. The molecule has 0 fully saturated rings. The monoisotopic (exact) mass is 292 g/mol. The van der Waals surface area contributed by atoms with Gasteiger partial charge in [0, 0.05) is 11.1 Å². The van der Waals surface area contributed by atoms with Gasteiger partial charge < -0.3 is 9.47 Å². The summed E-state index contributed by atoms with van der Waals surface area (Å²) < 4.78 is 10.6. The van der Waals surface area contributed by atoms with Gasteiger partial charge in [-0.1, -0.05) is 35.5 Å². The molecule has 5 nitrogen and oxygen atoms in total. The lowest BCUT2D eigenvalue weighted by molar-refractivity contribution is 0.174. The number of nitrogens with zero attached hydrogens (tertiary/aromatic N) is 1. The number of nitroso groups, excluding NO2 is 1. The van der Waals surface area contributed by atoms with Gasteiger partial charge in [-0.15, -0.1) is 4.91 Å². The molecule has 0 bridgehead atoms. The molecule has 1 heterocycles. The van der Waals surface area contributed by atoms with E-state index in [2.05, 4.69) is 5.18 Å². The summed E-state index contributed by atoms with van der Waals surface area (Å²) in [6.07, 6.45) is 1.86. The molecular weight excluding hydrogens is 280 g/mol. The minimum atomic E-state index is -0.727. The zero-order chi connectivity index (χ0) is 15.1. The normalized spacial score (nSPS) is 16.2. The van der Waals surface area contributed by atoms with Gasteiger partial charge in [-0.05, 0) is 29.3 Å². The Morgan fingerprint density at radius 1 is 1.09 bits per heavy atom. The molecule has 2 aromatic rings. The number of hydrogen-bond acceptors (Lipinski definition) is 5. The molecule has 1 aliphatic heterocycles. The second kappa shape index (κ2) is 4.80. The van der Waals surface area contributed by atoms with Gasteiger partial charge in [-0.3, -0.25) is 5.41 Å². The van der Waals surface area contributed by atoms with Crippen LogP contribution in [0, 0.1) is 10.3 Å². The second-order valence-corrected chi connectivity index (χ2v) is 5.18. The number of rotatable bonds is 3.